The van der Waals surface area contributed by atoms with Gasteiger partial charge in [0, 0.05) is 47.4 Å². The second-order valence-electron chi connectivity index (χ2n) is 6.23. The number of H-pyrrole nitrogens is 1. The quantitative estimate of drug-likeness (QED) is 0.491. The van der Waals surface area contributed by atoms with E-state index in [9.17, 15) is 4.79 Å². The summed E-state index contributed by atoms with van der Waals surface area (Å²) in [6.45, 7) is 0. The Morgan fingerprint density at radius 1 is 0.857 bits per heavy atom. The zero-order valence-electron chi connectivity index (χ0n) is 14.4. The van der Waals surface area contributed by atoms with Gasteiger partial charge in [0.2, 0.25) is 5.43 Å². The highest BCUT2D eigenvalue weighted by molar-refractivity contribution is 6.35. The Hall–Kier alpha value is -3.64. The van der Waals surface area contributed by atoms with Gasteiger partial charge in [-0.3, -0.25) is 14.8 Å². The van der Waals surface area contributed by atoms with Gasteiger partial charge in [0.15, 0.2) is 11.2 Å². The number of halogens is 1. The molecule has 134 valence electrons. The average Bonchev–Trinajstić information content (AvgIpc) is 2.74. The zero-order valence-corrected chi connectivity index (χ0v) is 15.2. The van der Waals surface area contributed by atoms with Crippen molar-refractivity contribution in [3.05, 3.63) is 82.5 Å². The monoisotopic (exact) mass is 385 g/mol. The highest BCUT2D eigenvalue weighted by Crippen LogP contribution is 2.34. The van der Waals surface area contributed by atoms with Crippen LogP contribution in [0.15, 0.2) is 72.0 Å². The van der Waals surface area contributed by atoms with Crippen molar-refractivity contribution in [1.29, 1.82) is 0 Å². The smallest absolute Gasteiger partial charge is 0.209 e. The maximum Gasteiger partial charge on any atom is 0.209 e. The molecule has 5 rings (SSSR count). The van der Waals surface area contributed by atoms with Gasteiger partial charge in [-0.2, -0.15) is 0 Å². The van der Waals surface area contributed by atoms with Crippen molar-refractivity contribution in [2.45, 2.75) is 0 Å². The van der Waals surface area contributed by atoms with E-state index in [2.05, 4.69) is 24.9 Å². The van der Waals surface area contributed by atoms with Crippen LogP contribution in [0.3, 0.4) is 0 Å². The predicted molar refractivity (Wildman–Crippen MR) is 109 cm³/mol. The highest BCUT2D eigenvalue weighted by Gasteiger charge is 2.16. The molecule has 0 amide bonds. The minimum Gasteiger partial charge on any atom is -0.345 e. The lowest BCUT2D eigenvalue weighted by atomic mass is 10.0. The first-order valence-corrected chi connectivity index (χ1v) is 8.93. The van der Waals surface area contributed by atoms with Gasteiger partial charge in [-0.05, 0) is 30.3 Å². The molecule has 0 saturated carbocycles. The van der Waals surface area contributed by atoms with Crippen LogP contribution in [0, 0.1) is 0 Å². The molecule has 0 aliphatic carbocycles. The molecule has 0 aliphatic rings. The summed E-state index contributed by atoms with van der Waals surface area (Å²) >= 11 is 6.47. The molecule has 0 aliphatic heterocycles. The Morgan fingerprint density at radius 2 is 1.68 bits per heavy atom. The third-order valence-corrected chi connectivity index (χ3v) is 4.76. The first-order chi connectivity index (χ1) is 13.7. The largest absolute Gasteiger partial charge is 0.345 e. The molecule has 1 aromatic carbocycles. The molecule has 7 heteroatoms. The van der Waals surface area contributed by atoms with Gasteiger partial charge in [0.05, 0.1) is 21.9 Å². The van der Waals surface area contributed by atoms with Crippen molar-refractivity contribution in [3.63, 3.8) is 0 Å². The van der Waals surface area contributed by atoms with Crippen LogP contribution in [0.1, 0.15) is 0 Å². The van der Waals surface area contributed by atoms with Crippen LogP contribution in [0.2, 0.25) is 5.02 Å². The van der Waals surface area contributed by atoms with E-state index in [0.29, 0.717) is 27.6 Å². The molecule has 5 aromatic rings. The molecule has 4 aromatic heterocycles. The van der Waals surface area contributed by atoms with Crippen molar-refractivity contribution in [2.75, 3.05) is 0 Å². The van der Waals surface area contributed by atoms with Gasteiger partial charge in [0.25, 0.3) is 0 Å². The van der Waals surface area contributed by atoms with Crippen LogP contribution in [-0.2, 0) is 0 Å². The third kappa shape index (κ3) is 2.71. The van der Waals surface area contributed by atoms with Gasteiger partial charge in [-0.15, -0.1) is 0 Å². The number of benzene rings is 1. The van der Waals surface area contributed by atoms with Crippen LogP contribution in [0.5, 0.6) is 0 Å². The molecule has 6 nitrogen and oxygen atoms in total. The Balaban J connectivity index is 1.88. The number of nitrogens with zero attached hydrogens (tertiary/aromatic N) is 4. The second-order valence-corrected chi connectivity index (χ2v) is 6.64. The minimum absolute atomic E-state index is 0.197. The van der Waals surface area contributed by atoms with E-state index >= 15 is 0 Å². The van der Waals surface area contributed by atoms with Crippen molar-refractivity contribution in [1.82, 2.24) is 24.9 Å². The van der Waals surface area contributed by atoms with E-state index in [-0.39, 0.29) is 10.9 Å². The fourth-order valence-electron chi connectivity index (χ4n) is 3.18. The van der Waals surface area contributed by atoms with Crippen LogP contribution < -0.4 is 5.43 Å². The molecule has 0 atom stereocenters. The Kier molecular flexibility index (Phi) is 3.84. The molecule has 0 radical (unpaired) electrons. The number of hydrogen-bond acceptors (Lipinski definition) is 5. The first kappa shape index (κ1) is 16.5. The first-order valence-electron chi connectivity index (χ1n) is 8.55. The summed E-state index contributed by atoms with van der Waals surface area (Å²) in [4.78, 5) is 33.1. The SMILES string of the molecule is O=c1cc[nH]c2nc(-c3ccncc3)c(-c3cc(Cl)c4ncccc4c3)nc12. The summed E-state index contributed by atoms with van der Waals surface area (Å²) in [7, 11) is 0. The van der Waals surface area contributed by atoms with Gasteiger partial charge < -0.3 is 4.98 Å². The lowest BCUT2D eigenvalue weighted by Gasteiger charge is -2.11. The molecule has 1 N–H and O–H groups in total. The Bertz CT molecular complexity index is 1400. The maximum absolute atomic E-state index is 12.3. The van der Waals surface area contributed by atoms with Crippen molar-refractivity contribution < 1.29 is 0 Å². The van der Waals surface area contributed by atoms with Gasteiger partial charge in [-0.1, -0.05) is 17.7 Å². The summed E-state index contributed by atoms with van der Waals surface area (Å²) in [6, 6.07) is 12.7. The maximum atomic E-state index is 12.3. The van der Waals surface area contributed by atoms with Crippen molar-refractivity contribution in [2.24, 2.45) is 0 Å². The zero-order chi connectivity index (χ0) is 19.1. The summed E-state index contributed by atoms with van der Waals surface area (Å²) in [6.07, 6.45) is 6.64. The fraction of sp³-hybridized carbons (Fsp3) is 0. The molecular formula is C21H12ClN5O. The normalized spacial score (nSPS) is 11.2. The summed E-state index contributed by atoms with van der Waals surface area (Å²) in [5.74, 6) is 0. The number of aromatic amines is 1. The average molecular weight is 386 g/mol. The molecule has 0 bridgehead atoms. The topological polar surface area (TPSA) is 84.4 Å². The molecule has 0 spiro atoms. The van der Waals surface area contributed by atoms with Gasteiger partial charge in [-0.25, -0.2) is 9.97 Å². The molecule has 4 heterocycles. The lowest BCUT2D eigenvalue weighted by Crippen LogP contribution is -2.06. The van der Waals surface area contributed by atoms with Crippen LogP contribution >= 0.6 is 11.6 Å². The number of rotatable bonds is 2. The van der Waals surface area contributed by atoms with E-state index in [4.69, 9.17) is 11.6 Å². The summed E-state index contributed by atoms with van der Waals surface area (Å²) < 4.78 is 0. The molecular weight excluding hydrogens is 374 g/mol. The van der Waals surface area contributed by atoms with Crippen LogP contribution in [0.25, 0.3) is 44.6 Å². The predicted octanol–water partition coefficient (Wildman–Crippen LogP) is 4.25. The van der Waals surface area contributed by atoms with Crippen molar-refractivity contribution >= 4 is 33.7 Å². The van der Waals surface area contributed by atoms with Crippen molar-refractivity contribution in [3.8, 4) is 22.5 Å². The fourth-order valence-corrected chi connectivity index (χ4v) is 3.46. The molecule has 0 fully saturated rings. The van der Waals surface area contributed by atoms with E-state index in [1.54, 1.807) is 30.9 Å². The molecule has 0 unspecified atom stereocenters. The van der Waals surface area contributed by atoms with E-state index in [1.807, 2.05) is 30.3 Å². The Labute approximate surface area is 163 Å². The minimum atomic E-state index is -0.197. The van der Waals surface area contributed by atoms with Crippen LogP contribution in [-0.4, -0.2) is 24.9 Å². The van der Waals surface area contributed by atoms with Gasteiger partial charge in [0.1, 0.15) is 0 Å². The number of hydrogen-bond donors (Lipinski definition) is 1. The Morgan fingerprint density at radius 3 is 2.54 bits per heavy atom. The summed E-state index contributed by atoms with van der Waals surface area (Å²) in [5, 5.41) is 1.40. The number of fused-ring (bicyclic) bond motifs is 2. The lowest BCUT2D eigenvalue weighted by molar-refractivity contribution is 1.21. The number of pyridine rings is 3. The van der Waals surface area contributed by atoms with E-state index in [0.717, 1.165) is 16.5 Å². The molecule has 0 saturated heterocycles. The third-order valence-electron chi connectivity index (χ3n) is 4.47. The highest BCUT2D eigenvalue weighted by atomic mass is 35.5. The van der Waals surface area contributed by atoms with E-state index in [1.165, 1.54) is 6.07 Å². The summed E-state index contributed by atoms with van der Waals surface area (Å²) in [5.41, 5.74) is 4.03. The van der Waals surface area contributed by atoms with E-state index < -0.39 is 0 Å². The molecule has 28 heavy (non-hydrogen) atoms. The standard InChI is InChI=1S/C21H12ClN5O/c22-15-11-14(10-13-2-1-6-24-17(13)15)19-18(12-3-7-23-8-4-12)27-21-20(26-19)16(28)5-9-25-21/h1-11H,(H,25,27,28). The second kappa shape index (κ2) is 6.51. The van der Waals surface area contributed by atoms with Gasteiger partial charge >= 0.3 is 0 Å². The number of nitrogens with one attached hydrogen (secondary N) is 1. The van der Waals surface area contributed by atoms with Crippen LogP contribution in [0.4, 0.5) is 0 Å². The number of aromatic nitrogens is 5.